The van der Waals surface area contributed by atoms with Crippen LogP contribution in [0, 0.1) is 0 Å². The molecule has 4 aliphatic rings. The average molecular weight is 941 g/mol. The van der Waals surface area contributed by atoms with Gasteiger partial charge in [0.15, 0.2) is 5.78 Å². The van der Waals surface area contributed by atoms with Crippen molar-refractivity contribution in [3.8, 4) is 22.3 Å². The standard InChI is InChI=1S/C71H44N2O/c74-69(45-33-37-51(38-34-45)72-65-31-15-13-29-61(65)70(63-41-47-17-1-3-19-49(47)43-67(63)72)57-25-9-5-21-53(57)54-22-6-10-26-58(54)70)46-35-39-52(40-36-46)73-66-32-16-14-30-62(66)71(64-42-48-18-2-4-20-50(48)44-68(64)73)59-27-11-7-23-55(59)56-24-8-12-28-60(56)71/h1-44H. The monoisotopic (exact) mass is 940 g/mol. The fourth-order valence-electron chi connectivity index (χ4n) is 13.8. The molecule has 0 N–H and O–H groups in total. The SMILES string of the molecule is O=C(c1ccc(N2c3ccccc3C3(c4ccccc4-c4ccccc43)c3cc4ccccc4cc32)cc1)c1ccc(N2c3ccccc3C3(c4ccccc4-c4ccccc43)c3cc4ccccc4cc32)cc1. The number of nitrogens with zero attached hydrogens (tertiary/aromatic N) is 2. The molecular weight excluding hydrogens is 897 g/mol. The maximum absolute atomic E-state index is 14.7. The van der Waals surface area contributed by atoms with E-state index in [0.29, 0.717) is 11.1 Å². The molecule has 16 rings (SSSR count). The first-order valence-electron chi connectivity index (χ1n) is 25.6. The lowest BCUT2D eigenvalue weighted by molar-refractivity contribution is 0.103. The number of benzene rings is 12. The number of hydrogen-bond donors (Lipinski definition) is 0. The number of ketones is 1. The Hall–Kier alpha value is -9.57. The van der Waals surface area contributed by atoms with E-state index in [1.807, 2.05) is 24.3 Å². The molecule has 0 saturated carbocycles. The summed E-state index contributed by atoms with van der Waals surface area (Å²) in [5.41, 5.74) is 22.0. The highest BCUT2D eigenvalue weighted by molar-refractivity contribution is 6.10. The topological polar surface area (TPSA) is 23.6 Å². The van der Waals surface area contributed by atoms with Crippen LogP contribution in [0.2, 0.25) is 0 Å². The van der Waals surface area contributed by atoms with Gasteiger partial charge in [0.2, 0.25) is 0 Å². The van der Waals surface area contributed by atoms with Crippen molar-refractivity contribution in [2.75, 3.05) is 9.80 Å². The average Bonchev–Trinajstić information content (AvgIpc) is 4.06. The number of carbonyl (C=O) groups is 1. The number of anilines is 6. The number of rotatable bonds is 4. The highest BCUT2D eigenvalue weighted by atomic mass is 16.1. The summed E-state index contributed by atoms with van der Waals surface area (Å²) in [5.74, 6) is -0.0183. The first-order valence-corrected chi connectivity index (χ1v) is 25.6. The number of fused-ring (bicyclic) bond motifs is 20. The Bertz CT molecular complexity index is 3990. The Morgan fingerprint density at radius 2 is 0.541 bits per heavy atom. The fourth-order valence-corrected chi connectivity index (χ4v) is 13.8. The van der Waals surface area contributed by atoms with Crippen LogP contribution >= 0.6 is 0 Å². The molecule has 2 heterocycles. The lowest BCUT2D eigenvalue weighted by Gasteiger charge is -2.45. The summed E-state index contributed by atoms with van der Waals surface area (Å²) < 4.78 is 0. The van der Waals surface area contributed by atoms with E-state index in [2.05, 4.69) is 252 Å². The molecule has 2 aliphatic carbocycles. The predicted molar refractivity (Wildman–Crippen MR) is 302 cm³/mol. The largest absolute Gasteiger partial charge is 0.310 e. The van der Waals surface area contributed by atoms with Crippen molar-refractivity contribution in [2.24, 2.45) is 0 Å². The van der Waals surface area contributed by atoms with Crippen molar-refractivity contribution in [2.45, 2.75) is 10.8 Å². The normalized spacial score (nSPS) is 14.4. The van der Waals surface area contributed by atoms with Crippen molar-refractivity contribution in [3.63, 3.8) is 0 Å². The summed E-state index contributed by atoms with van der Waals surface area (Å²) in [6, 6.07) is 96.9. The highest BCUT2D eigenvalue weighted by Crippen LogP contribution is 2.65. The zero-order chi connectivity index (χ0) is 48.7. The minimum absolute atomic E-state index is 0.0183. The van der Waals surface area contributed by atoms with E-state index in [-0.39, 0.29) is 5.78 Å². The van der Waals surface area contributed by atoms with Gasteiger partial charge in [0.25, 0.3) is 0 Å². The lowest BCUT2D eigenvalue weighted by Crippen LogP contribution is -2.36. The van der Waals surface area contributed by atoms with Crippen LogP contribution < -0.4 is 9.80 Å². The molecule has 0 amide bonds. The molecule has 0 radical (unpaired) electrons. The molecule has 2 aliphatic heterocycles. The summed E-state index contributed by atoms with van der Waals surface area (Å²) in [6.07, 6.45) is 0. The molecule has 0 bridgehead atoms. The van der Waals surface area contributed by atoms with E-state index in [9.17, 15) is 4.79 Å². The van der Waals surface area contributed by atoms with E-state index in [1.165, 1.54) is 88.3 Å². The predicted octanol–water partition coefficient (Wildman–Crippen LogP) is 17.5. The van der Waals surface area contributed by atoms with Crippen LogP contribution in [0.5, 0.6) is 0 Å². The van der Waals surface area contributed by atoms with Crippen molar-refractivity contribution >= 4 is 61.5 Å². The van der Waals surface area contributed by atoms with Gasteiger partial charge in [0.1, 0.15) is 0 Å². The van der Waals surface area contributed by atoms with Crippen LogP contribution in [-0.4, -0.2) is 5.78 Å². The molecule has 12 aromatic carbocycles. The summed E-state index contributed by atoms with van der Waals surface area (Å²) in [7, 11) is 0. The van der Waals surface area contributed by atoms with E-state index in [0.717, 1.165) is 34.1 Å². The maximum Gasteiger partial charge on any atom is 0.193 e. The zero-order valence-electron chi connectivity index (χ0n) is 40.2. The molecule has 0 saturated heterocycles. The van der Waals surface area contributed by atoms with Crippen LogP contribution in [0.25, 0.3) is 43.8 Å². The van der Waals surface area contributed by atoms with Gasteiger partial charge >= 0.3 is 0 Å². The van der Waals surface area contributed by atoms with Gasteiger partial charge in [-0.05, 0) is 173 Å². The third-order valence-corrected chi connectivity index (χ3v) is 16.8. The third-order valence-electron chi connectivity index (χ3n) is 16.8. The summed E-state index contributed by atoms with van der Waals surface area (Å²) in [5, 5.41) is 4.77. The van der Waals surface area contributed by atoms with Crippen LogP contribution in [-0.2, 0) is 10.8 Å². The third kappa shape index (κ3) is 5.32. The van der Waals surface area contributed by atoms with Crippen LogP contribution in [0.3, 0.4) is 0 Å². The molecule has 12 aromatic rings. The lowest BCUT2D eigenvalue weighted by atomic mass is 9.64. The van der Waals surface area contributed by atoms with E-state index in [4.69, 9.17) is 0 Å². The van der Waals surface area contributed by atoms with Crippen LogP contribution in [0.4, 0.5) is 34.1 Å². The van der Waals surface area contributed by atoms with Gasteiger partial charge in [0, 0.05) is 22.5 Å². The van der Waals surface area contributed by atoms with Crippen molar-refractivity contribution in [3.05, 3.63) is 323 Å². The second kappa shape index (κ2) is 15.2. The van der Waals surface area contributed by atoms with Gasteiger partial charge in [-0.3, -0.25) is 4.79 Å². The van der Waals surface area contributed by atoms with Crippen LogP contribution in [0.1, 0.15) is 60.4 Å². The van der Waals surface area contributed by atoms with Gasteiger partial charge in [-0.1, -0.05) is 182 Å². The highest BCUT2D eigenvalue weighted by Gasteiger charge is 2.53. The quantitative estimate of drug-likeness (QED) is 0.164. The molecule has 0 atom stereocenters. The van der Waals surface area contributed by atoms with Crippen molar-refractivity contribution in [1.29, 1.82) is 0 Å². The van der Waals surface area contributed by atoms with Crippen molar-refractivity contribution in [1.82, 2.24) is 0 Å². The molecule has 0 aromatic heterocycles. The maximum atomic E-state index is 14.7. The number of para-hydroxylation sites is 2. The summed E-state index contributed by atoms with van der Waals surface area (Å²) in [4.78, 5) is 19.5. The molecular formula is C71H44N2O. The van der Waals surface area contributed by atoms with Gasteiger partial charge in [-0.2, -0.15) is 0 Å². The Morgan fingerprint density at radius 3 is 0.892 bits per heavy atom. The smallest absolute Gasteiger partial charge is 0.193 e. The first-order chi connectivity index (χ1) is 36.6. The molecule has 3 nitrogen and oxygen atoms in total. The second-order valence-electron chi connectivity index (χ2n) is 20.2. The van der Waals surface area contributed by atoms with E-state index in [1.54, 1.807) is 0 Å². The molecule has 3 heteroatoms. The molecule has 0 fully saturated rings. The molecule has 74 heavy (non-hydrogen) atoms. The molecule has 0 unspecified atom stereocenters. The Labute approximate surface area is 429 Å². The number of carbonyl (C=O) groups excluding carboxylic acids is 1. The van der Waals surface area contributed by atoms with Gasteiger partial charge in [-0.15, -0.1) is 0 Å². The Morgan fingerprint density at radius 1 is 0.257 bits per heavy atom. The molecule has 2 spiro atoms. The van der Waals surface area contributed by atoms with E-state index < -0.39 is 10.8 Å². The summed E-state index contributed by atoms with van der Waals surface area (Å²) >= 11 is 0. The second-order valence-corrected chi connectivity index (χ2v) is 20.2. The van der Waals surface area contributed by atoms with E-state index >= 15 is 0 Å². The Balaban J connectivity index is 0.796. The van der Waals surface area contributed by atoms with Gasteiger partial charge in [0.05, 0.1) is 33.6 Å². The molecule has 344 valence electrons. The van der Waals surface area contributed by atoms with Gasteiger partial charge in [-0.25, -0.2) is 0 Å². The summed E-state index contributed by atoms with van der Waals surface area (Å²) in [6.45, 7) is 0. The van der Waals surface area contributed by atoms with Gasteiger partial charge < -0.3 is 9.80 Å². The number of hydrogen-bond acceptors (Lipinski definition) is 3. The van der Waals surface area contributed by atoms with Crippen LogP contribution in [0.15, 0.2) is 267 Å². The minimum atomic E-state index is -0.525. The zero-order valence-corrected chi connectivity index (χ0v) is 40.2. The Kier molecular flexibility index (Phi) is 8.45. The minimum Gasteiger partial charge on any atom is -0.310 e. The van der Waals surface area contributed by atoms with Crippen molar-refractivity contribution < 1.29 is 4.79 Å². The first kappa shape index (κ1) is 41.1. The fraction of sp³-hybridized carbons (Fsp3) is 0.0282.